The molecule has 1 aliphatic rings. The van der Waals surface area contributed by atoms with Gasteiger partial charge in [0.25, 0.3) is 11.8 Å². The van der Waals surface area contributed by atoms with Crippen LogP contribution in [0.4, 0.5) is 5.69 Å². The smallest absolute Gasteiger partial charge is 0.291 e. The van der Waals surface area contributed by atoms with Crippen LogP contribution in [-0.2, 0) is 11.3 Å². The summed E-state index contributed by atoms with van der Waals surface area (Å²) in [4.78, 5) is 43.9. The minimum absolute atomic E-state index is 0.00131. The molecule has 0 spiro atoms. The number of amides is 3. The molecule has 0 bridgehead atoms. The highest BCUT2D eigenvalue weighted by Crippen LogP contribution is 2.19. The van der Waals surface area contributed by atoms with Crippen molar-refractivity contribution in [3.05, 3.63) is 88.9 Å². The van der Waals surface area contributed by atoms with Crippen molar-refractivity contribution in [3.8, 4) is 0 Å². The van der Waals surface area contributed by atoms with Crippen LogP contribution in [-0.4, -0.2) is 72.2 Å². The zero-order valence-electron chi connectivity index (χ0n) is 21.0. The van der Waals surface area contributed by atoms with Crippen molar-refractivity contribution >= 4 is 23.4 Å². The maximum absolute atomic E-state index is 13.0. The summed E-state index contributed by atoms with van der Waals surface area (Å²) in [5.41, 5.74) is 4.25. The lowest BCUT2D eigenvalue weighted by molar-refractivity contribution is -0.133. The summed E-state index contributed by atoms with van der Waals surface area (Å²) in [5, 5.41) is 2.78. The van der Waals surface area contributed by atoms with Gasteiger partial charge in [0, 0.05) is 51.0 Å². The predicted molar refractivity (Wildman–Crippen MR) is 138 cm³/mol. The lowest BCUT2D eigenvalue weighted by Gasteiger charge is -2.35. The number of hydrogen-bond donors (Lipinski definition) is 1. The van der Waals surface area contributed by atoms with E-state index in [9.17, 15) is 14.4 Å². The molecule has 4 rings (SSSR count). The van der Waals surface area contributed by atoms with Crippen molar-refractivity contribution in [1.82, 2.24) is 14.7 Å². The highest BCUT2D eigenvalue weighted by Gasteiger charge is 2.24. The predicted octanol–water partition coefficient (Wildman–Crippen LogP) is 3.57. The number of hydrogen-bond acceptors (Lipinski definition) is 5. The van der Waals surface area contributed by atoms with Gasteiger partial charge in [-0.05, 0) is 49.2 Å². The Kier molecular flexibility index (Phi) is 7.85. The van der Waals surface area contributed by atoms with Crippen LogP contribution >= 0.6 is 0 Å². The number of anilines is 1. The normalized spacial score (nSPS) is 13.9. The second-order valence-corrected chi connectivity index (χ2v) is 9.27. The first kappa shape index (κ1) is 25.2. The molecular formula is C28H32N4O4. The molecule has 3 aromatic rings. The van der Waals surface area contributed by atoms with Crippen LogP contribution in [0.3, 0.4) is 0 Å². The molecule has 0 saturated carbocycles. The van der Waals surface area contributed by atoms with Crippen LogP contribution in [0.15, 0.2) is 65.3 Å². The van der Waals surface area contributed by atoms with Crippen molar-refractivity contribution in [2.75, 3.05) is 45.1 Å². The van der Waals surface area contributed by atoms with E-state index < -0.39 is 5.91 Å². The quantitative estimate of drug-likeness (QED) is 0.550. The topological polar surface area (TPSA) is 86.1 Å². The lowest BCUT2D eigenvalue weighted by Crippen LogP contribution is -2.51. The van der Waals surface area contributed by atoms with Gasteiger partial charge in [-0.3, -0.25) is 19.3 Å². The summed E-state index contributed by atoms with van der Waals surface area (Å²) in [5.74, 6) is -0.556. The van der Waals surface area contributed by atoms with Crippen LogP contribution in [0.25, 0.3) is 0 Å². The molecule has 1 N–H and O–H groups in total. The molecule has 1 fully saturated rings. The number of aryl methyl sites for hydroxylation is 2. The van der Waals surface area contributed by atoms with Crippen LogP contribution in [0, 0.1) is 13.8 Å². The molecule has 2 heterocycles. The van der Waals surface area contributed by atoms with E-state index in [1.54, 1.807) is 37.4 Å². The first-order chi connectivity index (χ1) is 17.3. The Balaban J connectivity index is 1.30. The number of rotatable bonds is 7. The number of carbonyl (C=O) groups is 3. The SMILES string of the molecule is Cc1cccc(CN2CCN(C(=O)CN(C)C(=O)c3ccc(C)c(NC(=O)c4ccco4)c3)CC2)c1. The summed E-state index contributed by atoms with van der Waals surface area (Å²) in [6.07, 6.45) is 1.43. The summed E-state index contributed by atoms with van der Waals surface area (Å²) in [6, 6.07) is 16.8. The Labute approximate surface area is 211 Å². The molecule has 8 nitrogen and oxygen atoms in total. The number of benzene rings is 2. The highest BCUT2D eigenvalue weighted by molar-refractivity contribution is 6.04. The summed E-state index contributed by atoms with van der Waals surface area (Å²) < 4.78 is 5.13. The van der Waals surface area contributed by atoms with E-state index in [0.29, 0.717) is 24.3 Å². The fourth-order valence-electron chi connectivity index (χ4n) is 4.30. The van der Waals surface area contributed by atoms with Crippen molar-refractivity contribution in [1.29, 1.82) is 0 Å². The van der Waals surface area contributed by atoms with Crippen molar-refractivity contribution in [2.45, 2.75) is 20.4 Å². The third-order valence-corrected chi connectivity index (χ3v) is 6.41. The largest absolute Gasteiger partial charge is 0.459 e. The number of likely N-dealkylation sites (N-methyl/N-ethyl adjacent to an activating group) is 1. The van der Waals surface area contributed by atoms with Crippen LogP contribution in [0.2, 0.25) is 0 Å². The van der Waals surface area contributed by atoms with Gasteiger partial charge in [-0.1, -0.05) is 35.9 Å². The molecule has 1 saturated heterocycles. The van der Waals surface area contributed by atoms with E-state index in [1.165, 1.54) is 22.3 Å². The van der Waals surface area contributed by atoms with Gasteiger partial charge >= 0.3 is 0 Å². The average Bonchev–Trinajstić information content (AvgIpc) is 3.41. The van der Waals surface area contributed by atoms with E-state index >= 15 is 0 Å². The van der Waals surface area contributed by atoms with Gasteiger partial charge in [-0.2, -0.15) is 0 Å². The maximum Gasteiger partial charge on any atom is 0.291 e. The fraction of sp³-hybridized carbons (Fsp3) is 0.321. The van der Waals surface area contributed by atoms with Gasteiger partial charge in [-0.25, -0.2) is 0 Å². The molecular weight excluding hydrogens is 456 g/mol. The van der Waals surface area contributed by atoms with E-state index in [4.69, 9.17) is 4.42 Å². The van der Waals surface area contributed by atoms with Crippen molar-refractivity contribution in [3.63, 3.8) is 0 Å². The Hall–Kier alpha value is -3.91. The van der Waals surface area contributed by atoms with Gasteiger partial charge in [0.15, 0.2) is 5.76 Å². The molecule has 8 heteroatoms. The Morgan fingerprint density at radius 1 is 0.972 bits per heavy atom. The average molecular weight is 489 g/mol. The highest BCUT2D eigenvalue weighted by atomic mass is 16.3. The second kappa shape index (κ2) is 11.2. The van der Waals surface area contributed by atoms with Crippen LogP contribution < -0.4 is 5.32 Å². The van der Waals surface area contributed by atoms with E-state index in [-0.39, 0.29) is 24.1 Å². The summed E-state index contributed by atoms with van der Waals surface area (Å²) >= 11 is 0. The zero-order chi connectivity index (χ0) is 25.7. The lowest BCUT2D eigenvalue weighted by atomic mass is 10.1. The van der Waals surface area contributed by atoms with Gasteiger partial charge in [0.2, 0.25) is 5.91 Å². The number of nitrogens with one attached hydrogen (secondary N) is 1. The molecule has 0 aliphatic carbocycles. The molecule has 36 heavy (non-hydrogen) atoms. The molecule has 1 aliphatic heterocycles. The molecule has 188 valence electrons. The molecule has 0 atom stereocenters. The molecule has 3 amide bonds. The molecule has 1 aromatic heterocycles. The van der Waals surface area contributed by atoms with Crippen molar-refractivity contribution in [2.24, 2.45) is 0 Å². The van der Waals surface area contributed by atoms with Crippen LogP contribution in [0.5, 0.6) is 0 Å². The van der Waals surface area contributed by atoms with E-state index in [1.807, 2.05) is 11.8 Å². The first-order valence-electron chi connectivity index (χ1n) is 12.1. The molecule has 0 radical (unpaired) electrons. The minimum Gasteiger partial charge on any atom is -0.459 e. The third kappa shape index (κ3) is 6.20. The second-order valence-electron chi connectivity index (χ2n) is 9.27. The zero-order valence-corrected chi connectivity index (χ0v) is 21.0. The number of carbonyl (C=O) groups excluding carboxylic acids is 3. The minimum atomic E-state index is -0.391. The first-order valence-corrected chi connectivity index (χ1v) is 12.1. The van der Waals surface area contributed by atoms with Gasteiger partial charge < -0.3 is 19.5 Å². The van der Waals surface area contributed by atoms with E-state index in [2.05, 4.69) is 41.4 Å². The Morgan fingerprint density at radius 2 is 1.75 bits per heavy atom. The van der Waals surface area contributed by atoms with Gasteiger partial charge in [0.05, 0.1) is 12.8 Å². The standard InChI is InChI=1S/C28H32N4O4/c1-20-6-4-7-22(16-20)18-31-11-13-32(14-12-31)26(33)19-30(3)28(35)23-10-9-21(2)24(17-23)29-27(34)25-8-5-15-36-25/h4-10,15-17H,11-14,18-19H2,1-3H3,(H,29,34). The van der Waals surface area contributed by atoms with Crippen LogP contribution in [0.1, 0.15) is 37.6 Å². The summed E-state index contributed by atoms with van der Waals surface area (Å²) in [7, 11) is 1.62. The van der Waals surface area contributed by atoms with E-state index in [0.717, 1.165) is 25.2 Å². The Morgan fingerprint density at radius 3 is 2.44 bits per heavy atom. The third-order valence-electron chi connectivity index (χ3n) is 6.41. The van der Waals surface area contributed by atoms with Crippen molar-refractivity contribution < 1.29 is 18.8 Å². The molecule has 2 aromatic carbocycles. The number of furan rings is 1. The fourth-order valence-corrected chi connectivity index (χ4v) is 4.30. The number of piperazine rings is 1. The molecule has 0 unspecified atom stereocenters. The van der Waals surface area contributed by atoms with Gasteiger partial charge in [0.1, 0.15) is 0 Å². The Bertz CT molecular complexity index is 1230. The van der Waals surface area contributed by atoms with Gasteiger partial charge in [-0.15, -0.1) is 0 Å². The summed E-state index contributed by atoms with van der Waals surface area (Å²) in [6.45, 7) is 7.68. The monoisotopic (exact) mass is 488 g/mol. The number of nitrogens with zero attached hydrogens (tertiary/aromatic N) is 3. The maximum atomic E-state index is 13.0.